The Hall–Kier alpha value is -1.94. The fourth-order valence-corrected chi connectivity index (χ4v) is 3.04. The lowest BCUT2D eigenvalue weighted by Crippen LogP contribution is -3.00. The van der Waals surface area contributed by atoms with Crippen molar-refractivity contribution in [3.05, 3.63) is 84.6 Å². The van der Waals surface area contributed by atoms with Crippen LogP contribution in [-0.4, -0.2) is 0 Å². The van der Waals surface area contributed by atoms with Gasteiger partial charge in [-0.25, -0.2) is 0 Å². The molecule has 4 aromatic rings. The molecule has 22 heavy (non-hydrogen) atoms. The summed E-state index contributed by atoms with van der Waals surface area (Å²) in [6, 6.07) is 27.9. The molecule has 1 nitrogen and oxygen atoms in total. The average molecular weight is 397 g/mol. The third-order valence-electron chi connectivity index (χ3n) is 4.05. The topological polar surface area (TPSA) is 3.88 Å². The molecule has 0 unspecified atom stereocenters. The van der Waals surface area contributed by atoms with E-state index in [2.05, 4.69) is 90.4 Å². The number of hydrogen-bond donors (Lipinski definition) is 0. The summed E-state index contributed by atoms with van der Waals surface area (Å²) in [5.41, 5.74) is 3.69. The Morgan fingerprint density at radius 3 is 2.18 bits per heavy atom. The molecule has 0 spiro atoms. The SMILES string of the molecule is Cc1ccc2c3ccccc3ccc2[n+]1-c1ccccc1.[I-]. The highest BCUT2D eigenvalue weighted by Gasteiger charge is 2.16. The predicted octanol–water partition coefficient (Wildman–Crippen LogP) is 1.58. The number of aryl methyl sites for hydroxylation is 1. The molecule has 1 aromatic heterocycles. The van der Waals surface area contributed by atoms with E-state index in [1.54, 1.807) is 0 Å². The van der Waals surface area contributed by atoms with Gasteiger partial charge in [0.1, 0.15) is 0 Å². The van der Waals surface area contributed by atoms with Crippen molar-refractivity contribution >= 4 is 21.7 Å². The molecule has 0 saturated heterocycles. The van der Waals surface area contributed by atoms with Crippen molar-refractivity contribution in [2.75, 3.05) is 0 Å². The number of pyridine rings is 1. The van der Waals surface area contributed by atoms with Gasteiger partial charge in [0.25, 0.3) is 0 Å². The first-order valence-corrected chi connectivity index (χ1v) is 7.23. The molecule has 0 N–H and O–H groups in total. The number of para-hydroxylation sites is 1. The summed E-state index contributed by atoms with van der Waals surface area (Å²) >= 11 is 0. The van der Waals surface area contributed by atoms with E-state index in [0.29, 0.717) is 0 Å². The summed E-state index contributed by atoms with van der Waals surface area (Å²) in [5, 5.41) is 3.88. The molecule has 0 aliphatic rings. The Morgan fingerprint density at radius 2 is 1.36 bits per heavy atom. The van der Waals surface area contributed by atoms with Gasteiger partial charge in [-0.05, 0) is 22.9 Å². The minimum Gasteiger partial charge on any atom is -1.00 e. The Kier molecular flexibility index (Phi) is 4.12. The second-order valence-electron chi connectivity index (χ2n) is 5.37. The van der Waals surface area contributed by atoms with E-state index in [-0.39, 0.29) is 24.0 Å². The first-order valence-electron chi connectivity index (χ1n) is 7.23. The number of rotatable bonds is 1. The number of aromatic nitrogens is 1. The highest BCUT2D eigenvalue weighted by molar-refractivity contribution is 6.05. The molecule has 0 amide bonds. The fourth-order valence-electron chi connectivity index (χ4n) is 3.04. The largest absolute Gasteiger partial charge is 1.00 e. The third-order valence-corrected chi connectivity index (χ3v) is 4.05. The predicted molar refractivity (Wildman–Crippen MR) is 87.7 cm³/mol. The molecule has 0 aliphatic heterocycles. The molecule has 0 atom stereocenters. The van der Waals surface area contributed by atoms with Crippen LogP contribution in [0.3, 0.4) is 0 Å². The van der Waals surface area contributed by atoms with Crippen LogP contribution in [-0.2, 0) is 0 Å². The minimum absolute atomic E-state index is 0. The number of halogens is 1. The van der Waals surface area contributed by atoms with Crippen LogP contribution in [0.15, 0.2) is 78.9 Å². The van der Waals surface area contributed by atoms with E-state index in [1.165, 1.54) is 33.1 Å². The Morgan fingerprint density at radius 1 is 0.636 bits per heavy atom. The van der Waals surface area contributed by atoms with Gasteiger partial charge < -0.3 is 24.0 Å². The van der Waals surface area contributed by atoms with Crippen LogP contribution < -0.4 is 28.5 Å². The van der Waals surface area contributed by atoms with Crippen LogP contribution in [0.2, 0.25) is 0 Å². The average Bonchev–Trinajstić information content (AvgIpc) is 2.55. The summed E-state index contributed by atoms with van der Waals surface area (Å²) in [4.78, 5) is 0. The van der Waals surface area contributed by atoms with Gasteiger partial charge in [0.15, 0.2) is 5.69 Å². The zero-order chi connectivity index (χ0) is 14.2. The van der Waals surface area contributed by atoms with Crippen molar-refractivity contribution in [2.45, 2.75) is 6.92 Å². The molecule has 4 rings (SSSR count). The van der Waals surface area contributed by atoms with Gasteiger partial charge in [0.2, 0.25) is 11.2 Å². The number of fused-ring (bicyclic) bond motifs is 3. The second-order valence-corrected chi connectivity index (χ2v) is 5.37. The zero-order valence-corrected chi connectivity index (χ0v) is 14.5. The molecule has 0 radical (unpaired) electrons. The van der Waals surface area contributed by atoms with Gasteiger partial charge in [0.05, 0.1) is 5.39 Å². The van der Waals surface area contributed by atoms with Crippen molar-refractivity contribution in [1.29, 1.82) is 0 Å². The smallest absolute Gasteiger partial charge is 0.219 e. The maximum atomic E-state index is 2.32. The van der Waals surface area contributed by atoms with Crippen molar-refractivity contribution in [2.24, 2.45) is 0 Å². The minimum atomic E-state index is 0. The van der Waals surface area contributed by atoms with Crippen LogP contribution in [0.1, 0.15) is 5.69 Å². The molecule has 0 aliphatic carbocycles. The zero-order valence-electron chi connectivity index (χ0n) is 12.3. The van der Waals surface area contributed by atoms with E-state index < -0.39 is 0 Å². The summed E-state index contributed by atoms with van der Waals surface area (Å²) in [6.07, 6.45) is 0. The molecule has 108 valence electrons. The molecule has 0 bridgehead atoms. The standard InChI is InChI=1S/C20H16N.HI/c1-15-11-13-19-18-10-6-5-7-16(18)12-14-20(19)21(15)17-8-3-2-4-9-17;/h2-14H,1H3;1H/q+1;/p-1. The first-order chi connectivity index (χ1) is 10.3. The highest BCUT2D eigenvalue weighted by Crippen LogP contribution is 2.24. The first kappa shape index (κ1) is 15.0. The van der Waals surface area contributed by atoms with Crippen LogP contribution in [0.25, 0.3) is 27.4 Å². The second kappa shape index (κ2) is 6.05. The van der Waals surface area contributed by atoms with Crippen molar-refractivity contribution < 1.29 is 28.5 Å². The van der Waals surface area contributed by atoms with E-state index in [4.69, 9.17) is 0 Å². The quantitative estimate of drug-likeness (QED) is 0.261. The maximum Gasteiger partial charge on any atom is 0.219 e. The van der Waals surface area contributed by atoms with Crippen LogP contribution >= 0.6 is 0 Å². The molecule has 1 heterocycles. The summed E-state index contributed by atoms with van der Waals surface area (Å²) in [6.45, 7) is 2.15. The number of benzene rings is 3. The molecule has 3 aromatic carbocycles. The lowest BCUT2D eigenvalue weighted by molar-refractivity contribution is -0.574. The number of nitrogens with zero attached hydrogens (tertiary/aromatic N) is 1. The van der Waals surface area contributed by atoms with E-state index in [1.807, 2.05) is 0 Å². The van der Waals surface area contributed by atoms with Gasteiger partial charge in [-0.2, -0.15) is 4.57 Å². The van der Waals surface area contributed by atoms with Gasteiger partial charge in [0, 0.05) is 31.2 Å². The van der Waals surface area contributed by atoms with Crippen LogP contribution in [0.5, 0.6) is 0 Å². The lowest BCUT2D eigenvalue weighted by atomic mass is 10.0. The monoisotopic (exact) mass is 397 g/mol. The molecular weight excluding hydrogens is 381 g/mol. The molecule has 0 fully saturated rings. The highest BCUT2D eigenvalue weighted by atomic mass is 127. The van der Waals surface area contributed by atoms with E-state index >= 15 is 0 Å². The number of hydrogen-bond acceptors (Lipinski definition) is 0. The van der Waals surface area contributed by atoms with Crippen LogP contribution in [0.4, 0.5) is 0 Å². The summed E-state index contributed by atoms with van der Waals surface area (Å²) < 4.78 is 2.32. The van der Waals surface area contributed by atoms with Crippen LogP contribution in [0, 0.1) is 6.92 Å². The molecule has 0 saturated carbocycles. The Labute approximate surface area is 147 Å². The maximum absolute atomic E-state index is 2.32. The Bertz CT molecular complexity index is 946. The van der Waals surface area contributed by atoms with Gasteiger partial charge in [-0.1, -0.05) is 42.5 Å². The summed E-state index contributed by atoms with van der Waals surface area (Å²) in [7, 11) is 0. The third kappa shape index (κ3) is 2.37. The van der Waals surface area contributed by atoms with Crippen molar-refractivity contribution in [3.8, 4) is 5.69 Å². The molecule has 2 heteroatoms. The van der Waals surface area contributed by atoms with Gasteiger partial charge in [-0.3, -0.25) is 0 Å². The molecular formula is C20H16IN. The van der Waals surface area contributed by atoms with Gasteiger partial charge >= 0.3 is 0 Å². The summed E-state index contributed by atoms with van der Waals surface area (Å²) in [5.74, 6) is 0. The lowest BCUT2D eigenvalue weighted by Gasteiger charge is -2.06. The Balaban J connectivity index is 0.00000144. The normalized spacial score (nSPS) is 10.6. The van der Waals surface area contributed by atoms with Crippen molar-refractivity contribution in [1.82, 2.24) is 0 Å². The fraction of sp³-hybridized carbons (Fsp3) is 0.0500. The van der Waals surface area contributed by atoms with E-state index in [0.717, 1.165) is 0 Å². The van der Waals surface area contributed by atoms with Crippen molar-refractivity contribution in [3.63, 3.8) is 0 Å². The van der Waals surface area contributed by atoms with E-state index in [9.17, 15) is 0 Å². The van der Waals surface area contributed by atoms with Gasteiger partial charge in [-0.15, -0.1) is 0 Å².